The van der Waals surface area contributed by atoms with E-state index >= 15 is 0 Å². The second-order valence-electron chi connectivity index (χ2n) is 7.16. The maximum absolute atomic E-state index is 5.54. The van der Waals surface area contributed by atoms with Gasteiger partial charge >= 0.3 is 0 Å². The van der Waals surface area contributed by atoms with Gasteiger partial charge in [-0.15, -0.1) is 16.8 Å². The van der Waals surface area contributed by atoms with Crippen LogP contribution >= 0.6 is 0 Å². The molecule has 0 bridgehead atoms. The van der Waals surface area contributed by atoms with E-state index in [1.165, 1.54) is 0 Å². The lowest BCUT2D eigenvalue weighted by atomic mass is 10.0. The maximum atomic E-state index is 5.54. The van der Waals surface area contributed by atoms with Crippen LogP contribution in [-0.4, -0.2) is 53.5 Å². The third-order valence-electron chi connectivity index (χ3n) is 5.16. The van der Waals surface area contributed by atoms with Gasteiger partial charge in [0.25, 0.3) is 0 Å². The van der Waals surface area contributed by atoms with Gasteiger partial charge in [-0.25, -0.2) is 4.99 Å². The lowest BCUT2D eigenvalue weighted by molar-refractivity contribution is 0.408. The first-order chi connectivity index (χ1) is 14.1. The number of aromatic nitrogens is 3. The highest BCUT2D eigenvalue weighted by molar-refractivity contribution is 5.80. The number of ether oxygens (including phenoxy) is 1. The average molecular weight is 398 g/mol. The van der Waals surface area contributed by atoms with E-state index in [0.29, 0.717) is 13.1 Å². The van der Waals surface area contributed by atoms with Gasteiger partial charge in [-0.05, 0) is 31.9 Å². The van der Waals surface area contributed by atoms with Crippen molar-refractivity contribution in [3.05, 3.63) is 48.6 Å². The Morgan fingerprint density at radius 3 is 2.93 bits per heavy atom. The van der Waals surface area contributed by atoms with Crippen LogP contribution in [0.1, 0.15) is 24.5 Å². The van der Waals surface area contributed by atoms with E-state index < -0.39 is 0 Å². The molecule has 1 aromatic heterocycles. The van der Waals surface area contributed by atoms with Crippen molar-refractivity contribution >= 4 is 11.6 Å². The highest BCUT2D eigenvalue weighted by atomic mass is 16.5. The van der Waals surface area contributed by atoms with Gasteiger partial charge in [0.2, 0.25) is 0 Å². The number of guanidine groups is 1. The van der Waals surface area contributed by atoms with Crippen LogP contribution in [0.25, 0.3) is 0 Å². The van der Waals surface area contributed by atoms with Crippen LogP contribution in [0.5, 0.6) is 5.75 Å². The first kappa shape index (κ1) is 20.7. The van der Waals surface area contributed by atoms with Crippen LogP contribution in [0.15, 0.2) is 41.9 Å². The minimum atomic E-state index is 0.283. The molecule has 1 aromatic carbocycles. The van der Waals surface area contributed by atoms with E-state index in [0.717, 1.165) is 55.0 Å². The molecule has 1 atom stereocenters. The molecule has 3 rings (SSSR count). The Kier molecular flexibility index (Phi) is 7.10. The monoisotopic (exact) mass is 397 g/mol. The van der Waals surface area contributed by atoms with Gasteiger partial charge in [0.05, 0.1) is 12.8 Å². The number of piperidine rings is 1. The molecule has 0 amide bonds. The number of methoxy groups -OCH3 is 1. The number of nitrogens with one attached hydrogen (secondary N) is 2. The fourth-order valence-electron chi connectivity index (χ4n) is 3.46. The van der Waals surface area contributed by atoms with Crippen LogP contribution in [0.4, 0.5) is 5.69 Å². The maximum Gasteiger partial charge on any atom is 0.192 e. The van der Waals surface area contributed by atoms with Crippen molar-refractivity contribution in [1.29, 1.82) is 0 Å². The minimum absolute atomic E-state index is 0.283. The molecule has 156 valence electrons. The number of aryl methyl sites for hydroxylation is 1. The smallest absolute Gasteiger partial charge is 0.192 e. The van der Waals surface area contributed by atoms with E-state index in [4.69, 9.17) is 9.73 Å². The normalized spacial score (nSPS) is 17.1. The molecular weight excluding hydrogens is 366 g/mol. The van der Waals surface area contributed by atoms with Gasteiger partial charge in [0.15, 0.2) is 11.8 Å². The number of para-hydroxylation sites is 2. The van der Waals surface area contributed by atoms with Crippen molar-refractivity contribution in [2.45, 2.75) is 32.4 Å². The van der Waals surface area contributed by atoms with Crippen LogP contribution in [0.3, 0.4) is 0 Å². The van der Waals surface area contributed by atoms with E-state index in [2.05, 4.69) is 44.4 Å². The topological polar surface area (TPSA) is 79.6 Å². The molecule has 0 radical (unpaired) electrons. The molecule has 0 aliphatic carbocycles. The molecule has 29 heavy (non-hydrogen) atoms. The molecule has 0 saturated carbocycles. The molecule has 2 N–H and O–H groups in total. The van der Waals surface area contributed by atoms with Crippen molar-refractivity contribution in [2.24, 2.45) is 12.0 Å². The number of hydrogen-bond acceptors (Lipinski definition) is 5. The van der Waals surface area contributed by atoms with Gasteiger partial charge in [-0.1, -0.05) is 18.2 Å². The van der Waals surface area contributed by atoms with Gasteiger partial charge < -0.3 is 24.8 Å². The minimum Gasteiger partial charge on any atom is -0.495 e. The van der Waals surface area contributed by atoms with Crippen molar-refractivity contribution in [2.75, 3.05) is 31.6 Å². The molecule has 0 spiro atoms. The number of hydrogen-bond donors (Lipinski definition) is 2. The summed E-state index contributed by atoms with van der Waals surface area (Å²) in [6, 6.07) is 8.46. The van der Waals surface area contributed by atoms with E-state index in [1.807, 2.05) is 36.7 Å². The van der Waals surface area contributed by atoms with Crippen molar-refractivity contribution in [1.82, 2.24) is 25.4 Å². The summed E-state index contributed by atoms with van der Waals surface area (Å²) in [5.41, 5.74) is 1.13. The van der Waals surface area contributed by atoms with Crippen molar-refractivity contribution in [3.8, 4) is 5.75 Å². The fourth-order valence-corrected chi connectivity index (χ4v) is 3.46. The lowest BCUT2D eigenvalue weighted by Crippen LogP contribution is -2.51. The summed E-state index contributed by atoms with van der Waals surface area (Å²) < 4.78 is 7.50. The molecule has 2 aromatic rings. The summed E-state index contributed by atoms with van der Waals surface area (Å²) in [5.74, 6) is 3.38. The SMILES string of the molecule is C=CCNC(=NCc1nnc(C)n1C)NC1CCCN(c2ccccc2OC)C1. The standard InChI is InChI=1S/C21H31N7O/c1-5-12-22-21(23-14-20-26-25-16(2)27(20)3)24-17-9-8-13-28(15-17)18-10-6-7-11-19(18)29-4/h5-7,10-11,17H,1,8-9,12-15H2,2-4H3,(H2,22,23,24). The molecule has 8 nitrogen and oxygen atoms in total. The second-order valence-corrected chi connectivity index (χ2v) is 7.16. The Balaban J connectivity index is 1.69. The molecule has 1 aliphatic heterocycles. The first-order valence-electron chi connectivity index (χ1n) is 10.0. The largest absolute Gasteiger partial charge is 0.495 e. The van der Waals surface area contributed by atoms with E-state index in [-0.39, 0.29) is 6.04 Å². The quantitative estimate of drug-likeness (QED) is 0.423. The number of anilines is 1. The summed E-state index contributed by atoms with van der Waals surface area (Å²) in [6.07, 6.45) is 4.02. The fraction of sp³-hybridized carbons (Fsp3) is 0.476. The van der Waals surface area contributed by atoms with Crippen molar-refractivity contribution < 1.29 is 4.74 Å². The van der Waals surface area contributed by atoms with E-state index in [1.54, 1.807) is 7.11 Å². The number of benzene rings is 1. The summed E-state index contributed by atoms with van der Waals surface area (Å²) in [7, 11) is 3.67. The highest BCUT2D eigenvalue weighted by Crippen LogP contribution is 2.29. The van der Waals surface area contributed by atoms with Gasteiger partial charge in [-0.3, -0.25) is 0 Å². The van der Waals surface area contributed by atoms with Crippen molar-refractivity contribution in [3.63, 3.8) is 0 Å². The third-order valence-corrected chi connectivity index (χ3v) is 5.16. The number of aliphatic imine (C=N–C) groups is 1. The predicted molar refractivity (Wildman–Crippen MR) is 116 cm³/mol. The lowest BCUT2D eigenvalue weighted by Gasteiger charge is -2.36. The zero-order valence-electron chi connectivity index (χ0n) is 17.6. The summed E-state index contributed by atoms with van der Waals surface area (Å²) in [6.45, 7) is 8.74. The highest BCUT2D eigenvalue weighted by Gasteiger charge is 2.23. The number of rotatable bonds is 7. The predicted octanol–water partition coefficient (Wildman–Crippen LogP) is 2.02. The summed E-state index contributed by atoms with van der Waals surface area (Å²) >= 11 is 0. The zero-order valence-corrected chi connectivity index (χ0v) is 17.6. The molecule has 2 heterocycles. The molecular formula is C21H31N7O. The van der Waals surface area contributed by atoms with Gasteiger partial charge in [0, 0.05) is 32.7 Å². The first-order valence-corrected chi connectivity index (χ1v) is 10.0. The molecule has 1 fully saturated rings. The zero-order chi connectivity index (χ0) is 20.6. The second kappa shape index (κ2) is 9.95. The Morgan fingerprint density at radius 1 is 1.38 bits per heavy atom. The van der Waals surface area contributed by atoms with Crippen LogP contribution in [0, 0.1) is 6.92 Å². The average Bonchev–Trinajstić information content (AvgIpc) is 3.08. The number of nitrogens with zero attached hydrogens (tertiary/aromatic N) is 5. The van der Waals surface area contributed by atoms with Gasteiger partial charge in [0.1, 0.15) is 18.1 Å². The van der Waals surface area contributed by atoms with Gasteiger partial charge in [-0.2, -0.15) is 0 Å². The Bertz CT molecular complexity index is 845. The Morgan fingerprint density at radius 2 is 2.21 bits per heavy atom. The molecule has 1 aliphatic rings. The third kappa shape index (κ3) is 5.28. The van der Waals surface area contributed by atoms with Crippen LogP contribution < -0.4 is 20.3 Å². The molecule has 8 heteroatoms. The molecule has 1 unspecified atom stereocenters. The summed E-state index contributed by atoms with van der Waals surface area (Å²) in [5, 5.41) is 15.2. The Labute approximate surface area is 172 Å². The van der Waals surface area contributed by atoms with Crippen LogP contribution in [0.2, 0.25) is 0 Å². The van der Waals surface area contributed by atoms with E-state index in [9.17, 15) is 0 Å². The van der Waals surface area contributed by atoms with Crippen LogP contribution in [-0.2, 0) is 13.6 Å². The summed E-state index contributed by atoms with van der Waals surface area (Å²) in [4.78, 5) is 7.08. The molecule has 1 saturated heterocycles. The Hall–Kier alpha value is -3.03.